The summed E-state index contributed by atoms with van der Waals surface area (Å²) in [6.07, 6.45) is 0. The van der Waals surface area contributed by atoms with Crippen LogP contribution in [-0.4, -0.2) is 38.0 Å². The van der Waals surface area contributed by atoms with Gasteiger partial charge in [-0.1, -0.05) is 0 Å². The monoisotopic (exact) mass is 369 g/mol. The molecule has 0 saturated heterocycles. The highest BCUT2D eigenvalue weighted by Crippen LogP contribution is 2.30. The molecular formula is C21H25N2O4+. The van der Waals surface area contributed by atoms with Crippen LogP contribution in [0, 0.1) is 0 Å². The first kappa shape index (κ1) is 18.9. The van der Waals surface area contributed by atoms with Crippen molar-refractivity contribution in [2.45, 2.75) is 26.4 Å². The van der Waals surface area contributed by atoms with Crippen LogP contribution in [0.3, 0.4) is 0 Å². The fraction of sp³-hybridized carbons (Fsp3) is 0.333. The van der Waals surface area contributed by atoms with Crippen LogP contribution in [0.25, 0.3) is 0 Å². The second-order valence-corrected chi connectivity index (χ2v) is 6.85. The normalized spacial score (nSPS) is 14.9. The van der Waals surface area contributed by atoms with Crippen LogP contribution >= 0.6 is 0 Å². The van der Waals surface area contributed by atoms with E-state index in [4.69, 9.17) is 9.47 Å². The van der Waals surface area contributed by atoms with Gasteiger partial charge in [0, 0.05) is 16.8 Å². The Balaban J connectivity index is 1.60. The average molecular weight is 369 g/mol. The first-order valence-corrected chi connectivity index (χ1v) is 9.07. The molecule has 0 radical (unpaired) electrons. The van der Waals surface area contributed by atoms with E-state index in [-0.39, 0.29) is 17.7 Å². The topological polar surface area (TPSA) is 69.1 Å². The molecule has 27 heavy (non-hydrogen) atoms. The van der Waals surface area contributed by atoms with Crippen LogP contribution in [0.15, 0.2) is 42.5 Å². The SMILES string of the molecule is CC(=O)c1ccc(NC(=O)[C@@H](C)[NH+](C)Cc2ccc3c(c2)OCCO3)cc1. The minimum Gasteiger partial charge on any atom is -0.486 e. The Morgan fingerprint density at radius 2 is 1.74 bits per heavy atom. The van der Waals surface area contributed by atoms with Gasteiger partial charge in [0.2, 0.25) is 0 Å². The lowest BCUT2D eigenvalue weighted by Crippen LogP contribution is -3.12. The number of ether oxygens (including phenoxy) is 2. The quantitative estimate of drug-likeness (QED) is 0.761. The highest BCUT2D eigenvalue weighted by Gasteiger charge is 2.23. The number of carbonyl (C=O) groups is 2. The summed E-state index contributed by atoms with van der Waals surface area (Å²) >= 11 is 0. The maximum absolute atomic E-state index is 12.6. The van der Waals surface area contributed by atoms with Crippen molar-refractivity contribution in [1.82, 2.24) is 0 Å². The predicted octanol–water partition coefficient (Wildman–Crippen LogP) is 1.70. The second-order valence-electron chi connectivity index (χ2n) is 6.85. The fourth-order valence-electron chi connectivity index (χ4n) is 2.94. The van der Waals surface area contributed by atoms with E-state index in [0.29, 0.717) is 31.0 Å². The Kier molecular flexibility index (Phi) is 5.76. The van der Waals surface area contributed by atoms with Crippen molar-refractivity contribution in [1.29, 1.82) is 0 Å². The molecule has 0 bridgehead atoms. The molecule has 0 aliphatic carbocycles. The third-order valence-corrected chi connectivity index (χ3v) is 4.78. The Hall–Kier alpha value is -2.86. The van der Waals surface area contributed by atoms with Gasteiger partial charge < -0.3 is 19.7 Å². The molecule has 1 aliphatic rings. The van der Waals surface area contributed by atoms with Crippen LogP contribution in [0.2, 0.25) is 0 Å². The molecule has 2 aromatic carbocycles. The molecule has 2 atom stereocenters. The van der Waals surface area contributed by atoms with Gasteiger partial charge >= 0.3 is 0 Å². The number of quaternary nitrogens is 1. The molecule has 0 aromatic heterocycles. The highest BCUT2D eigenvalue weighted by molar-refractivity contribution is 5.96. The first-order valence-electron chi connectivity index (χ1n) is 9.07. The van der Waals surface area contributed by atoms with E-state index in [9.17, 15) is 9.59 Å². The number of amides is 1. The highest BCUT2D eigenvalue weighted by atomic mass is 16.6. The van der Waals surface area contributed by atoms with Gasteiger partial charge in [0.25, 0.3) is 5.91 Å². The molecule has 142 valence electrons. The van der Waals surface area contributed by atoms with E-state index in [1.807, 2.05) is 32.2 Å². The van der Waals surface area contributed by atoms with E-state index >= 15 is 0 Å². The molecule has 3 rings (SSSR count). The van der Waals surface area contributed by atoms with Crippen molar-refractivity contribution in [2.75, 3.05) is 25.6 Å². The largest absolute Gasteiger partial charge is 0.486 e. The smallest absolute Gasteiger partial charge is 0.282 e. The number of hydrogen-bond acceptors (Lipinski definition) is 4. The number of hydrogen-bond donors (Lipinski definition) is 2. The molecule has 6 nitrogen and oxygen atoms in total. The summed E-state index contributed by atoms with van der Waals surface area (Å²) in [5.41, 5.74) is 2.40. The van der Waals surface area contributed by atoms with Crippen LogP contribution in [0.1, 0.15) is 29.8 Å². The van der Waals surface area contributed by atoms with Crippen molar-refractivity contribution in [3.05, 3.63) is 53.6 Å². The summed E-state index contributed by atoms with van der Waals surface area (Å²) < 4.78 is 11.2. The molecule has 1 unspecified atom stereocenters. The molecule has 1 heterocycles. The van der Waals surface area contributed by atoms with Crippen molar-refractivity contribution >= 4 is 17.4 Å². The van der Waals surface area contributed by atoms with Gasteiger partial charge in [-0.05, 0) is 56.3 Å². The third-order valence-electron chi connectivity index (χ3n) is 4.78. The summed E-state index contributed by atoms with van der Waals surface area (Å²) in [6, 6.07) is 12.6. The van der Waals surface area contributed by atoms with E-state index in [2.05, 4.69) is 5.32 Å². The average Bonchev–Trinajstić information content (AvgIpc) is 2.67. The van der Waals surface area contributed by atoms with Crippen LogP contribution in [-0.2, 0) is 11.3 Å². The first-order chi connectivity index (χ1) is 12.9. The number of benzene rings is 2. The lowest BCUT2D eigenvalue weighted by atomic mass is 10.1. The number of Topliss-reactive ketones (excluding diaryl/α,β-unsaturated/α-hetero) is 1. The van der Waals surface area contributed by atoms with Crippen molar-refractivity contribution in [2.24, 2.45) is 0 Å². The van der Waals surface area contributed by atoms with Gasteiger partial charge in [-0.15, -0.1) is 0 Å². The van der Waals surface area contributed by atoms with Crippen LogP contribution < -0.4 is 19.7 Å². The van der Waals surface area contributed by atoms with Gasteiger partial charge in [-0.3, -0.25) is 9.59 Å². The number of ketones is 1. The zero-order chi connectivity index (χ0) is 19.4. The summed E-state index contributed by atoms with van der Waals surface area (Å²) in [7, 11) is 1.99. The third kappa shape index (κ3) is 4.65. The summed E-state index contributed by atoms with van der Waals surface area (Å²) in [4.78, 5) is 24.9. The number of nitrogens with one attached hydrogen (secondary N) is 2. The lowest BCUT2D eigenvalue weighted by molar-refractivity contribution is -0.907. The zero-order valence-corrected chi connectivity index (χ0v) is 15.9. The Bertz CT molecular complexity index is 833. The van der Waals surface area contributed by atoms with Gasteiger partial charge in [-0.2, -0.15) is 0 Å². The minimum absolute atomic E-state index is 0.00449. The Labute approximate surface area is 159 Å². The summed E-state index contributed by atoms with van der Waals surface area (Å²) in [5, 5.41) is 2.91. The summed E-state index contributed by atoms with van der Waals surface area (Å²) in [6.45, 7) is 5.23. The molecule has 2 N–H and O–H groups in total. The van der Waals surface area contributed by atoms with E-state index in [0.717, 1.165) is 22.0 Å². The number of likely N-dealkylation sites (N-methyl/N-ethyl adjacent to an activating group) is 1. The van der Waals surface area contributed by atoms with E-state index < -0.39 is 0 Å². The van der Waals surface area contributed by atoms with Gasteiger partial charge in [0.05, 0.1) is 7.05 Å². The number of fused-ring (bicyclic) bond motifs is 1. The van der Waals surface area contributed by atoms with Crippen molar-refractivity contribution < 1.29 is 24.0 Å². The molecule has 6 heteroatoms. The Morgan fingerprint density at radius 1 is 1.07 bits per heavy atom. The molecule has 0 saturated carbocycles. The predicted molar refractivity (Wildman–Crippen MR) is 103 cm³/mol. The molecule has 1 aliphatic heterocycles. The Morgan fingerprint density at radius 3 is 2.41 bits per heavy atom. The van der Waals surface area contributed by atoms with Crippen LogP contribution in [0.5, 0.6) is 11.5 Å². The second kappa shape index (κ2) is 8.22. The van der Waals surface area contributed by atoms with E-state index in [1.54, 1.807) is 24.3 Å². The molecule has 2 aromatic rings. The van der Waals surface area contributed by atoms with Crippen molar-refractivity contribution in [3.63, 3.8) is 0 Å². The van der Waals surface area contributed by atoms with Crippen molar-refractivity contribution in [3.8, 4) is 11.5 Å². The van der Waals surface area contributed by atoms with Gasteiger partial charge in [0.15, 0.2) is 23.3 Å². The maximum Gasteiger partial charge on any atom is 0.282 e. The van der Waals surface area contributed by atoms with Crippen LogP contribution in [0.4, 0.5) is 5.69 Å². The molecular weight excluding hydrogens is 344 g/mol. The number of rotatable bonds is 6. The van der Waals surface area contributed by atoms with Gasteiger partial charge in [0.1, 0.15) is 19.8 Å². The molecule has 0 fully saturated rings. The standard InChI is InChI=1S/C21H24N2O4/c1-14(21(25)22-18-7-5-17(6-8-18)15(2)24)23(3)13-16-4-9-19-20(12-16)27-11-10-26-19/h4-9,12,14H,10-11,13H2,1-3H3,(H,22,25)/p+1/t14-/m1/s1. The maximum atomic E-state index is 12.6. The van der Waals surface area contributed by atoms with E-state index in [1.165, 1.54) is 6.92 Å². The zero-order valence-electron chi connectivity index (χ0n) is 15.9. The fourth-order valence-corrected chi connectivity index (χ4v) is 2.94. The van der Waals surface area contributed by atoms with Gasteiger partial charge in [-0.25, -0.2) is 0 Å². The lowest BCUT2D eigenvalue weighted by Gasteiger charge is -2.23. The number of carbonyl (C=O) groups excluding carboxylic acids is 2. The number of anilines is 1. The summed E-state index contributed by atoms with van der Waals surface area (Å²) in [5.74, 6) is 1.46. The minimum atomic E-state index is -0.245. The molecule has 0 spiro atoms. The molecule has 1 amide bonds.